The fourth-order valence-corrected chi connectivity index (χ4v) is 3.32. The van der Waals surface area contributed by atoms with E-state index in [1.54, 1.807) is 0 Å². The van der Waals surface area contributed by atoms with Crippen LogP contribution in [0.5, 0.6) is 0 Å². The lowest BCUT2D eigenvalue weighted by Crippen LogP contribution is -2.39. The Morgan fingerprint density at radius 1 is 1.12 bits per heavy atom. The van der Waals surface area contributed by atoms with Crippen LogP contribution in [0.2, 0.25) is 0 Å². The van der Waals surface area contributed by atoms with Gasteiger partial charge in [0.1, 0.15) is 0 Å². The van der Waals surface area contributed by atoms with E-state index in [1.807, 2.05) is 0 Å². The molecule has 3 unspecified atom stereocenters. The highest BCUT2D eigenvalue weighted by Gasteiger charge is 2.41. The van der Waals surface area contributed by atoms with Crippen molar-refractivity contribution in [1.29, 1.82) is 0 Å². The van der Waals surface area contributed by atoms with Gasteiger partial charge in [0.05, 0.1) is 0 Å². The van der Waals surface area contributed by atoms with Gasteiger partial charge in [0, 0.05) is 12.6 Å². The highest BCUT2D eigenvalue weighted by molar-refractivity contribution is 4.95. The number of nitrogens with one attached hydrogen (secondary N) is 1. The molecule has 1 N–H and O–H groups in total. The number of rotatable bonds is 5. The molecule has 0 amide bonds. The second kappa shape index (κ2) is 5.08. The summed E-state index contributed by atoms with van der Waals surface area (Å²) in [6, 6.07) is 0.820. The van der Waals surface area contributed by atoms with Crippen LogP contribution in [0.1, 0.15) is 65.7 Å². The smallest absolute Gasteiger partial charge is 0.00700 e. The molecule has 0 aromatic carbocycles. The van der Waals surface area contributed by atoms with Crippen LogP contribution >= 0.6 is 0 Å². The summed E-state index contributed by atoms with van der Waals surface area (Å²) in [6.45, 7) is 8.47. The summed E-state index contributed by atoms with van der Waals surface area (Å²) in [5.41, 5.74) is 0.723. The Morgan fingerprint density at radius 2 is 1.88 bits per heavy atom. The Balaban J connectivity index is 1.70. The predicted octanol–water partition coefficient (Wildman–Crippen LogP) is 3.98. The standard InChI is InChI=1S/C15H29N/c1-4-7-15(8-9-15)11-16-14-6-5-12(2)13(3)10-14/h12-14,16H,4-11H2,1-3H3. The molecule has 16 heavy (non-hydrogen) atoms. The molecule has 94 valence electrons. The highest BCUT2D eigenvalue weighted by atomic mass is 14.9. The largest absolute Gasteiger partial charge is 0.313 e. The average molecular weight is 223 g/mol. The van der Waals surface area contributed by atoms with Gasteiger partial charge in [-0.15, -0.1) is 0 Å². The summed E-state index contributed by atoms with van der Waals surface area (Å²) >= 11 is 0. The summed E-state index contributed by atoms with van der Waals surface area (Å²) in [4.78, 5) is 0. The lowest BCUT2D eigenvalue weighted by molar-refractivity contribution is 0.217. The molecule has 0 saturated heterocycles. The Kier molecular flexibility index (Phi) is 3.94. The van der Waals surface area contributed by atoms with E-state index in [1.165, 1.54) is 51.5 Å². The monoisotopic (exact) mass is 223 g/mol. The molecule has 0 aromatic heterocycles. The number of hydrogen-bond donors (Lipinski definition) is 1. The van der Waals surface area contributed by atoms with Gasteiger partial charge < -0.3 is 5.32 Å². The van der Waals surface area contributed by atoms with Gasteiger partial charge in [0.2, 0.25) is 0 Å². The van der Waals surface area contributed by atoms with Crippen LogP contribution in [0.15, 0.2) is 0 Å². The van der Waals surface area contributed by atoms with E-state index in [-0.39, 0.29) is 0 Å². The fourth-order valence-electron chi connectivity index (χ4n) is 3.32. The molecule has 2 aliphatic carbocycles. The van der Waals surface area contributed by atoms with Crippen molar-refractivity contribution in [1.82, 2.24) is 5.32 Å². The van der Waals surface area contributed by atoms with Crippen LogP contribution < -0.4 is 5.32 Å². The van der Waals surface area contributed by atoms with E-state index in [0.717, 1.165) is 23.3 Å². The van der Waals surface area contributed by atoms with Crippen LogP contribution in [0.4, 0.5) is 0 Å². The van der Waals surface area contributed by atoms with Crippen LogP contribution in [0.3, 0.4) is 0 Å². The average Bonchev–Trinajstić information content (AvgIpc) is 3.01. The number of hydrogen-bond acceptors (Lipinski definition) is 1. The summed E-state index contributed by atoms with van der Waals surface area (Å²) < 4.78 is 0. The van der Waals surface area contributed by atoms with Gasteiger partial charge in [-0.1, -0.05) is 27.2 Å². The normalized spacial score (nSPS) is 37.3. The van der Waals surface area contributed by atoms with Crippen LogP contribution in [0, 0.1) is 17.3 Å². The molecular weight excluding hydrogens is 194 g/mol. The maximum atomic E-state index is 3.86. The zero-order chi connectivity index (χ0) is 11.6. The Labute approximate surface area is 101 Å². The third kappa shape index (κ3) is 3.00. The first-order chi connectivity index (χ1) is 7.65. The Hall–Kier alpha value is -0.0400. The summed E-state index contributed by atoms with van der Waals surface area (Å²) in [5, 5.41) is 3.86. The quantitative estimate of drug-likeness (QED) is 0.743. The molecule has 1 nitrogen and oxygen atoms in total. The third-order valence-corrected chi connectivity index (χ3v) is 5.10. The molecule has 2 saturated carbocycles. The fraction of sp³-hybridized carbons (Fsp3) is 1.00. The van der Waals surface area contributed by atoms with Crippen molar-refractivity contribution < 1.29 is 0 Å². The van der Waals surface area contributed by atoms with Gasteiger partial charge in [-0.3, -0.25) is 0 Å². The Morgan fingerprint density at radius 3 is 2.44 bits per heavy atom. The van der Waals surface area contributed by atoms with Gasteiger partial charge in [0.15, 0.2) is 0 Å². The maximum absolute atomic E-state index is 3.86. The molecule has 0 spiro atoms. The van der Waals surface area contributed by atoms with Crippen molar-refractivity contribution >= 4 is 0 Å². The molecule has 0 heterocycles. The van der Waals surface area contributed by atoms with Crippen molar-refractivity contribution in [2.75, 3.05) is 6.54 Å². The van der Waals surface area contributed by atoms with E-state index in [9.17, 15) is 0 Å². The van der Waals surface area contributed by atoms with Gasteiger partial charge in [0.25, 0.3) is 0 Å². The summed E-state index contributed by atoms with van der Waals surface area (Å²) in [5.74, 6) is 1.87. The van der Waals surface area contributed by atoms with Crippen molar-refractivity contribution in [2.45, 2.75) is 71.8 Å². The van der Waals surface area contributed by atoms with Gasteiger partial charge >= 0.3 is 0 Å². The minimum absolute atomic E-state index is 0.723. The van der Waals surface area contributed by atoms with Gasteiger partial charge in [-0.25, -0.2) is 0 Å². The molecule has 0 radical (unpaired) electrons. The van der Waals surface area contributed by atoms with Gasteiger partial charge in [-0.05, 0) is 55.8 Å². The summed E-state index contributed by atoms with van der Waals surface area (Å²) in [7, 11) is 0. The minimum Gasteiger partial charge on any atom is -0.313 e. The van der Waals surface area contributed by atoms with Crippen LogP contribution in [-0.4, -0.2) is 12.6 Å². The van der Waals surface area contributed by atoms with E-state index < -0.39 is 0 Å². The van der Waals surface area contributed by atoms with Crippen molar-refractivity contribution in [3.05, 3.63) is 0 Å². The zero-order valence-electron chi connectivity index (χ0n) is 11.4. The van der Waals surface area contributed by atoms with Crippen LogP contribution in [0.25, 0.3) is 0 Å². The van der Waals surface area contributed by atoms with Crippen molar-refractivity contribution in [3.8, 4) is 0 Å². The molecule has 3 atom stereocenters. The van der Waals surface area contributed by atoms with E-state index >= 15 is 0 Å². The lowest BCUT2D eigenvalue weighted by atomic mass is 9.79. The minimum atomic E-state index is 0.723. The van der Waals surface area contributed by atoms with E-state index in [2.05, 4.69) is 26.1 Å². The predicted molar refractivity (Wildman–Crippen MR) is 70.5 cm³/mol. The van der Waals surface area contributed by atoms with Crippen molar-refractivity contribution in [3.63, 3.8) is 0 Å². The van der Waals surface area contributed by atoms with E-state index in [0.29, 0.717) is 0 Å². The zero-order valence-corrected chi connectivity index (χ0v) is 11.4. The molecule has 2 aliphatic rings. The van der Waals surface area contributed by atoms with Gasteiger partial charge in [-0.2, -0.15) is 0 Å². The highest BCUT2D eigenvalue weighted by Crippen LogP contribution is 2.49. The van der Waals surface area contributed by atoms with Crippen LogP contribution in [-0.2, 0) is 0 Å². The first-order valence-electron chi connectivity index (χ1n) is 7.38. The first-order valence-corrected chi connectivity index (χ1v) is 7.38. The van der Waals surface area contributed by atoms with E-state index in [4.69, 9.17) is 0 Å². The molecule has 2 fully saturated rings. The molecule has 0 aliphatic heterocycles. The van der Waals surface area contributed by atoms with Crippen molar-refractivity contribution in [2.24, 2.45) is 17.3 Å². The molecular formula is C15H29N. The molecule has 0 bridgehead atoms. The topological polar surface area (TPSA) is 12.0 Å². The maximum Gasteiger partial charge on any atom is 0.00700 e. The third-order valence-electron chi connectivity index (χ3n) is 5.10. The first kappa shape index (κ1) is 12.4. The molecule has 1 heteroatoms. The Bertz CT molecular complexity index is 219. The SMILES string of the molecule is CCCC1(CNC2CCC(C)C(C)C2)CC1. The molecule has 0 aromatic rings. The molecule has 2 rings (SSSR count). The second-order valence-electron chi connectivity index (χ2n) is 6.60. The summed E-state index contributed by atoms with van der Waals surface area (Å²) in [6.07, 6.45) is 10.0. The lowest BCUT2D eigenvalue weighted by Gasteiger charge is -2.33. The second-order valence-corrected chi connectivity index (χ2v) is 6.60.